The molecule has 0 saturated carbocycles. The van der Waals surface area contributed by atoms with Crippen molar-refractivity contribution in [3.05, 3.63) is 35.5 Å². The lowest BCUT2D eigenvalue weighted by atomic mass is 10.2. The van der Waals surface area contributed by atoms with Crippen molar-refractivity contribution in [2.45, 2.75) is 6.92 Å². The van der Waals surface area contributed by atoms with Crippen molar-refractivity contribution in [2.75, 3.05) is 5.73 Å². The fraction of sp³-hybridized carbons (Fsp3) is 0.0909. The minimum Gasteiger partial charge on any atom is -0.506 e. The second kappa shape index (κ2) is 3.82. The molecule has 0 aliphatic heterocycles. The van der Waals surface area contributed by atoms with Gasteiger partial charge in [-0.2, -0.15) is 5.10 Å². The lowest BCUT2D eigenvalue weighted by molar-refractivity contribution is 0.0698. The number of hydrogen-bond acceptors (Lipinski definition) is 4. The van der Waals surface area contributed by atoms with Gasteiger partial charge in [-0.3, -0.25) is 0 Å². The van der Waals surface area contributed by atoms with E-state index < -0.39 is 5.97 Å². The van der Waals surface area contributed by atoms with Gasteiger partial charge in [-0.1, -0.05) is 6.07 Å². The Balaban J connectivity index is 2.61. The molecule has 0 bridgehead atoms. The molecular formula is C11H11N3O3. The van der Waals surface area contributed by atoms with Gasteiger partial charge in [-0.05, 0) is 24.6 Å². The molecule has 0 aliphatic rings. The summed E-state index contributed by atoms with van der Waals surface area (Å²) in [6.45, 7) is 1.85. The number of aromatic nitrogens is 2. The Morgan fingerprint density at radius 2 is 2.18 bits per heavy atom. The first-order chi connectivity index (χ1) is 8.00. The van der Waals surface area contributed by atoms with Crippen molar-refractivity contribution < 1.29 is 15.0 Å². The Hall–Kier alpha value is -2.50. The van der Waals surface area contributed by atoms with Crippen LogP contribution in [0.5, 0.6) is 5.75 Å². The second-order valence-corrected chi connectivity index (χ2v) is 3.65. The van der Waals surface area contributed by atoms with Gasteiger partial charge in [0.15, 0.2) is 0 Å². The predicted molar refractivity (Wildman–Crippen MR) is 61.3 cm³/mol. The number of anilines is 1. The SMILES string of the molecule is Cc1ccc(O)c(-n2ncc(C(=O)O)c2N)c1. The molecule has 17 heavy (non-hydrogen) atoms. The van der Waals surface area contributed by atoms with Crippen LogP contribution in [0.25, 0.3) is 5.69 Å². The van der Waals surface area contributed by atoms with Crippen LogP contribution >= 0.6 is 0 Å². The van der Waals surface area contributed by atoms with E-state index in [0.717, 1.165) is 11.8 Å². The van der Waals surface area contributed by atoms with E-state index in [4.69, 9.17) is 10.8 Å². The van der Waals surface area contributed by atoms with Crippen molar-refractivity contribution in [1.29, 1.82) is 0 Å². The minimum absolute atomic E-state index is 0.0117. The van der Waals surface area contributed by atoms with Crippen LogP contribution in [-0.4, -0.2) is 26.0 Å². The monoisotopic (exact) mass is 233 g/mol. The maximum atomic E-state index is 10.8. The normalized spacial score (nSPS) is 10.4. The number of nitrogens with zero attached hydrogens (tertiary/aromatic N) is 2. The number of aromatic carboxylic acids is 1. The molecular weight excluding hydrogens is 222 g/mol. The molecule has 0 aliphatic carbocycles. The van der Waals surface area contributed by atoms with E-state index in [1.54, 1.807) is 12.1 Å². The first-order valence-corrected chi connectivity index (χ1v) is 4.87. The summed E-state index contributed by atoms with van der Waals surface area (Å²) in [5, 5.41) is 22.4. The highest BCUT2D eigenvalue weighted by Crippen LogP contribution is 2.25. The molecule has 0 amide bonds. The largest absolute Gasteiger partial charge is 0.506 e. The predicted octanol–water partition coefficient (Wildman–Crippen LogP) is 1.17. The smallest absolute Gasteiger partial charge is 0.341 e. The van der Waals surface area contributed by atoms with Crippen LogP contribution < -0.4 is 5.73 Å². The van der Waals surface area contributed by atoms with E-state index in [9.17, 15) is 9.90 Å². The third-order valence-corrected chi connectivity index (χ3v) is 2.40. The lowest BCUT2D eigenvalue weighted by Gasteiger charge is -2.07. The topological polar surface area (TPSA) is 101 Å². The van der Waals surface area contributed by atoms with Crippen LogP contribution in [-0.2, 0) is 0 Å². The molecule has 4 N–H and O–H groups in total. The summed E-state index contributed by atoms with van der Waals surface area (Å²) in [6, 6.07) is 4.91. The molecule has 2 aromatic rings. The summed E-state index contributed by atoms with van der Waals surface area (Å²) >= 11 is 0. The Morgan fingerprint density at radius 1 is 1.47 bits per heavy atom. The Morgan fingerprint density at radius 3 is 2.76 bits per heavy atom. The molecule has 6 nitrogen and oxygen atoms in total. The summed E-state index contributed by atoms with van der Waals surface area (Å²) in [7, 11) is 0. The van der Waals surface area contributed by atoms with Gasteiger partial charge in [0.05, 0.1) is 6.20 Å². The molecule has 1 heterocycles. The number of rotatable bonds is 2. The molecule has 88 valence electrons. The van der Waals surface area contributed by atoms with Gasteiger partial charge < -0.3 is 15.9 Å². The third kappa shape index (κ3) is 1.80. The van der Waals surface area contributed by atoms with Gasteiger partial charge in [0.1, 0.15) is 22.8 Å². The summed E-state index contributed by atoms with van der Waals surface area (Å²) in [4.78, 5) is 10.8. The highest BCUT2D eigenvalue weighted by atomic mass is 16.4. The molecule has 0 atom stereocenters. The molecule has 2 rings (SSSR count). The summed E-state index contributed by atoms with van der Waals surface area (Å²) in [5.41, 5.74) is 6.84. The average molecular weight is 233 g/mol. The van der Waals surface area contributed by atoms with Crippen LogP contribution in [0.1, 0.15) is 15.9 Å². The zero-order chi connectivity index (χ0) is 12.6. The molecule has 0 unspecified atom stereocenters. The first-order valence-electron chi connectivity index (χ1n) is 4.87. The lowest BCUT2D eigenvalue weighted by Crippen LogP contribution is -2.06. The van der Waals surface area contributed by atoms with Gasteiger partial charge in [-0.15, -0.1) is 0 Å². The average Bonchev–Trinajstić information content (AvgIpc) is 2.64. The number of hydrogen-bond donors (Lipinski definition) is 3. The van der Waals surface area contributed by atoms with Crippen molar-refractivity contribution in [3.63, 3.8) is 0 Å². The van der Waals surface area contributed by atoms with Crippen LogP contribution in [0.15, 0.2) is 24.4 Å². The number of carboxylic acids is 1. The van der Waals surface area contributed by atoms with Crippen LogP contribution in [0.4, 0.5) is 5.82 Å². The van der Waals surface area contributed by atoms with Crippen LogP contribution in [0, 0.1) is 6.92 Å². The number of nitrogen functional groups attached to an aromatic ring is 1. The fourth-order valence-electron chi connectivity index (χ4n) is 1.52. The van der Waals surface area contributed by atoms with Gasteiger partial charge in [0.2, 0.25) is 0 Å². The highest BCUT2D eigenvalue weighted by Gasteiger charge is 2.16. The van der Waals surface area contributed by atoms with E-state index in [1.165, 1.54) is 10.7 Å². The van der Waals surface area contributed by atoms with E-state index in [2.05, 4.69) is 5.10 Å². The molecule has 0 saturated heterocycles. The maximum absolute atomic E-state index is 10.8. The molecule has 6 heteroatoms. The zero-order valence-corrected chi connectivity index (χ0v) is 9.08. The second-order valence-electron chi connectivity index (χ2n) is 3.65. The molecule has 0 spiro atoms. The van der Waals surface area contributed by atoms with Crippen molar-refractivity contribution in [2.24, 2.45) is 0 Å². The molecule has 0 radical (unpaired) electrons. The van der Waals surface area contributed by atoms with Gasteiger partial charge in [0.25, 0.3) is 0 Å². The van der Waals surface area contributed by atoms with Crippen molar-refractivity contribution >= 4 is 11.8 Å². The van der Waals surface area contributed by atoms with Crippen molar-refractivity contribution in [1.82, 2.24) is 9.78 Å². The Kier molecular flexibility index (Phi) is 2.47. The van der Waals surface area contributed by atoms with Gasteiger partial charge in [-0.25, -0.2) is 9.48 Å². The van der Waals surface area contributed by atoms with Gasteiger partial charge in [0, 0.05) is 0 Å². The summed E-state index contributed by atoms with van der Waals surface area (Å²) in [5.74, 6) is -1.18. The molecule has 0 fully saturated rings. The van der Waals surface area contributed by atoms with E-state index >= 15 is 0 Å². The van der Waals surface area contributed by atoms with Crippen LogP contribution in [0.2, 0.25) is 0 Å². The Bertz CT molecular complexity index is 590. The number of carboxylic acid groups (broad SMARTS) is 1. The molecule has 1 aromatic carbocycles. The Labute approximate surface area is 96.9 Å². The quantitative estimate of drug-likeness (QED) is 0.722. The number of aryl methyl sites for hydroxylation is 1. The van der Waals surface area contributed by atoms with E-state index in [1.807, 2.05) is 6.92 Å². The molecule has 1 aromatic heterocycles. The summed E-state index contributed by atoms with van der Waals surface area (Å²) < 4.78 is 1.20. The number of phenols is 1. The standard InChI is InChI=1S/C11H11N3O3/c1-6-2-3-9(15)8(4-6)14-10(12)7(5-13-14)11(16)17/h2-5,15H,12H2,1H3,(H,16,17). The number of phenolic OH excluding ortho intramolecular Hbond substituents is 1. The number of aromatic hydroxyl groups is 1. The first kappa shape index (κ1) is 11.0. The minimum atomic E-state index is -1.15. The number of nitrogens with two attached hydrogens (primary N) is 1. The number of benzene rings is 1. The van der Waals surface area contributed by atoms with Crippen LogP contribution in [0.3, 0.4) is 0 Å². The number of carbonyl (C=O) groups is 1. The fourth-order valence-corrected chi connectivity index (χ4v) is 1.52. The van der Waals surface area contributed by atoms with E-state index in [-0.39, 0.29) is 17.1 Å². The highest BCUT2D eigenvalue weighted by molar-refractivity contribution is 5.92. The third-order valence-electron chi connectivity index (χ3n) is 2.40. The van der Waals surface area contributed by atoms with Crippen molar-refractivity contribution in [3.8, 4) is 11.4 Å². The zero-order valence-electron chi connectivity index (χ0n) is 9.08. The maximum Gasteiger partial charge on any atom is 0.341 e. The van der Waals surface area contributed by atoms with E-state index in [0.29, 0.717) is 5.69 Å². The summed E-state index contributed by atoms with van der Waals surface area (Å²) in [6.07, 6.45) is 1.15. The van der Waals surface area contributed by atoms with Gasteiger partial charge >= 0.3 is 5.97 Å².